The number of aromatic nitrogens is 2. The minimum absolute atomic E-state index is 0.0973. The number of nitrogens with zero attached hydrogens (tertiary/aromatic N) is 4. The lowest BCUT2D eigenvalue weighted by molar-refractivity contribution is -0.384. The summed E-state index contributed by atoms with van der Waals surface area (Å²) in [6.07, 6.45) is 3.91. The van der Waals surface area contributed by atoms with Gasteiger partial charge in [-0.1, -0.05) is 24.3 Å². The maximum Gasteiger partial charge on any atom is 0.270 e. The monoisotopic (exact) mass is 322 g/mol. The van der Waals surface area contributed by atoms with Gasteiger partial charge in [0, 0.05) is 23.6 Å². The highest BCUT2D eigenvalue weighted by molar-refractivity contribution is 5.81. The van der Waals surface area contributed by atoms with E-state index in [1.807, 2.05) is 4.68 Å². The van der Waals surface area contributed by atoms with Crippen LogP contribution in [0.5, 0.6) is 0 Å². The first-order valence-corrected chi connectivity index (χ1v) is 8.01. The smallest absolute Gasteiger partial charge is 0.270 e. The Morgan fingerprint density at radius 3 is 3.00 bits per heavy atom. The third-order valence-electron chi connectivity index (χ3n) is 4.83. The first-order valence-electron chi connectivity index (χ1n) is 8.01. The minimum atomic E-state index is -0.377. The molecule has 2 aromatic carbocycles. The maximum absolute atomic E-state index is 10.9. The van der Waals surface area contributed by atoms with Crippen molar-refractivity contribution in [1.82, 2.24) is 14.7 Å². The number of hydrogen-bond acceptors (Lipinski definition) is 4. The van der Waals surface area contributed by atoms with Crippen LogP contribution in [0, 0.1) is 10.1 Å². The summed E-state index contributed by atoms with van der Waals surface area (Å²) in [5, 5.41) is 16.1. The van der Waals surface area contributed by atoms with E-state index in [1.54, 1.807) is 18.3 Å². The highest BCUT2D eigenvalue weighted by Crippen LogP contribution is 2.35. The zero-order valence-corrected chi connectivity index (χ0v) is 13.4. The van der Waals surface area contributed by atoms with Gasteiger partial charge in [0.25, 0.3) is 5.69 Å². The number of rotatable bonds is 4. The third kappa shape index (κ3) is 2.45. The number of hydrogen-bond donors (Lipinski definition) is 0. The normalized spacial score (nSPS) is 16.7. The number of benzene rings is 2. The van der Waals surface area contributed by atoms with Crippen molar-refractivity contribution in [2.45, 2.75) is 25.6 Å². The Hall–Kier alpha value is -2.73. The second-order valence-electron chi connectivity index (χ2n) is 6.30. The molecule has 24 heavy (non-hydrogen) atoms. The Kier molecular flexibility index (Phi) is 3.54. The molecule has 1 heterocycles. The lowest BCUT2D eigenvalue weighted by Gasteiger charge is -2.25. The molecule has 122 valence electrons. The van der Waals surface area contributed by atoms with Crippen molar-refractivity contribution >= 4 is 16.6 Å². The van der Waals surface area contributed by atoms with Crippen molar-refractivity contribution in [3.05, 3.63) is 69.9 Å². The average Bonchev–Trinajstić information content (AvgIpc) is 3.18. The van der Waals surface area contributed by atoms with Crippen LogP contribution in [-0.4, -0.2) is 26.7 Å². The van der Waals surface area contributed by atoms with Gasteiger partial charge in [-0.05, 0) is 37.1 Å². The van der Waals surface area contributed by atoms with E-state index in [0.29, 0.717) is 12.7 Å². The van der Waals surface area contributed by atoms with Crippen molar-refractivity contribution in [3.63, 3.8) is 0 Å². The molecule has 0 amide bonds. The van der Waals surface area contributed by atoms with Crippen molar-refractivity contribution < 1.29 is 4.92 Å². The molecule has 0 spiro atoms. The Morgan fingerprint density at radius 1 is 1.33 bits per heavy atom. The highest BCUT2D eigenvalue weighted by Gasteiger charge is 2.25. The fourth-order valence-corrected chi connectivity index (χ4v) is 3.60. The maximum atomic E-state index is 10.9. The van der Waals surface area contributed by atoms with Crippen molar-refractivity contribution in [2.75, 3.05) is 7.05 Å². The second kappa shape index (κ2) is 5.72. The molecule has 1 aromatic heterocycles. The standard InChI is InChI=1S/C18H18N4O2/c1-20(18-8-6-13-4-2-3-5-16(13)18)12-21-17-9-7-15(22(23)24)10-14(17)11-19-21/h2-5,7,9-11,18H,6,8,12H2,1H3/t18-/m0/s1. The number of non-ortho nitro benzene ring substituents is 1. The summed E-state index contributed by atoms with van der Waals surface area (Å²) in [5.41, 5.74) is 3.83. The van der Waals surface area contributed by atoms with Gasteiger partial charge >= 0.3 is 0 Å². The number of nitro groups is 1. The zero-order chi connectivity index (χ0) is 16.7. The van der Waals surface area contributed by atoms with Gasteiger partial charge in [-0.3, -0.25) is 19.7 Å². The first kappa shape index (κ1) is 14.8. The Balaban J connectivity index is 1.59. The molecule has 0 unspecified atom stereocenters. The van der Waals surface area contributed by atoms with E-state index in [9.17, 15) is 10.1 Å². The van der Waals surface area contributed by atoms with Crippen LogP contribution in [0.3, 0.4) is 0 Å². The molecule has 0 bridgehead atoms. The molecular formula is C18H18N4O2. The molecule has 1 aliphatic carbocycles. The van der Waals surface area contributed by atoms with Crippen molar-refractivity contribution in [1.29, 1.82) is 0 Å². The van der Waals surface area contributed by atoms with E-state index < -0.39 is 0 Å². The summed E-state index contributed by atoms with van der Waals surface area (Å²) in [6, 6.07) is 13.9. The molecule has 6 heteroatoms. The molecule has 0 aliphatic heterocycles. The summed E-state index contributed by atoms with van der Waals surface area (Å²) in [6.45, 7) is 0.653. The van der Waals surface area contributed by atoms with Gasteiger partial charge in [0.15, 0.2) is 0 Å². The highest BCUT2D eigenvalue weighted by atomic mass is 16.6. The quantitative estimate of drug-likeness (QED) is 0.544. The summed E-state index contributed by atoms with van der Waals surface area (Å²) in [5.74, 6) is 0. The molecule has 0 saturated heterocycles. The largest absolute Gasteiger partial charge is 0.280 e. The van der Waals surface area contributed by atoms with Gasteiger partial charge in [-0.25, -0.2) is 0 Å². The molecule has 3 aromatic rings. The topological polar surface area (TPSA) is 64.2 Å². The average molecular weight is 322 g/mol. The Labute approximate surface area is 139 Å². The molecule has 0 saturated carbocycles. The van der Waals surface area contributed by atoms with Crippen molar-refractivity contribution in [2.24, 2.45) is 0 Å². The molecule has 6 nitrogen and oxygen atoms in total. The fourth-order valence-electron chi connectivity index (χ4n) is 3.60. The summed E-state index contributed by atoms with van der Waals surface area (Å²) < 4.78 is 1.90. The van der Waals surface area contributed by atoms with Crippen LogP contribution in [-0.2, 0) is 13.1 Å². The Bertz CT molecular complexity index is 918. The van der Waals surface area contributed by atoms with Gasteiger partial charge in [0.05, 0.1) is 23.3 Å². The molecule has 4 rings (SSSR count). The van der Waals surface area contributed by atoms with Crippen LogP contribution >= 0.6 is 0 Å². The lowest BCUT2D eigenvalue weighted by Crippen LogP contribution is -2.26. The van der Waals surface area contributed by atoms with Gasteiger partial charge < -0.3 is 0 Å². The summed E-state index contributed by atoms with van der Waals surface area (Å²) in [4.78, 5) is 12.8. The molecule has 0 N–H and O–H groups in total. The predicted molar refractivity (Wildman–Crippen MR) is 91.7 cm³/mol. The van der Waals surface area contributed by atoms with E-state index >= 15 is 0 Å². The van der Waals surface area contributed by atoms with Crippen LogP contribution in [0.15, 0.2) is 48.7 Å². The van der Waals surface area contributed by atoms with Crippen LogP contribution in [0.4, 0.5) is 5.69 Å². The zero-order valence-electron chi connectivity index (χ0n) is 13.4. The number of aryl methyl sites for hydroxylation is 1. The van der Waals surface area contributed by atoms with E-state index in [0.717, 1.165) is 23.7 Å². The lowest BCUT2D eigenvalue weighted by atomic mass is 10.1. The number of fused-ring (bicyclic) bond motifs is 2. The van der Waals surface area contributed by atoms with Crippen LogP contribution in [0.1, 0.15) is 23.6 Å². The summed E-state index contributed by atoms with van der Waals surface area (Å²) >= 11 is 0. The van der Waals surface area contributed by atoms with Gasteiger partial charge in [-0.2, -0.15) is 5.10 Å². The van der Waals surface area contributed by atoms with Crippen LogP contribution in [0.2, 0.25) is 0 Å². The van der Waals surface area contributed by atoms with Gasteiger partial charge in [0.2, 0.25) is 0 Å². The van der Waals surface area contributed by atoms with E-state index in [2.05, 4.69) is 41.3 Å². The summed E-state index contributed by atoms with van der Waals surface area (Å²) in [7, 11) is 2.10. The molecule has 0 radical (unpaired) electrons. The van der Waals surface area contributed by atoms with Crippen LogP contribution < -0.4 is 0 Å². The molecular weight excluding hydrogens is 304 g/mol. The Morgan fingerprint density at radius 2 is 2.17 bits per heavy atom. The van der Waals surface area contributed by atoms with E-state index in [1.165, 1.54) is 17.2 Å². The molecule has 1 aliphatic rings. The molecule has 1 atom stereocenters. The van der Waals surface area contributed by atoms with Crippen molar-refractivity contribution in [3.8, 4) is 0 Å². The SMILES string of the molecule is CN(Cn1ncc2cc([N+](=O)[O-])ccc21)[C@H]1CCc2ccccc21. The number of nitro benzene ring substituents is 1. The van der Waals surface area contributed by atoms with Gasteiger partial charge in [0.1, 0.15) is 0 Å². The van der Waals surface area contributed by atoms with Gasteiger partial charge in [-0.15, -0.1) is 0 Å². The third-order valence-corrected chi connectivity index (χ3v) is 4.83. The predicted octanol–water partition coefficient (Wildman–Crippen LogP) is 3.52. The first-order chi connectivity index (χ1) is 11.6. The second-order valence-corrected chi connectivity index (χ2v) is 6.30. The van der Waals surface area contributed by atoms with E-state index in [-0.39, 0.29) is 10.6 Å². The fraction of sp³-hybridized carbons (Fsp3) is 0.278. The van der Waals surface area contributed by atoms with E-state index in [4.69, 9.17) is 0 Å². The minimum Gasteiger partial charge on any atom is -0.280 e. The molecule has 0 fully saturated rings. The van der Waals surface area contributed by atoms with Crippen LogP contribution in [0.25, 0.3) is 10.9 Å².